The van der Waals surface area contributed by atoms with Gasteiger partial charge in [0.1, 0.15) is 10.4 Å². The van der Waals surface area contributed by atoms with Crippen LogP contribution in [0.4, 0.5) is 11.8 Å². The Balaban J connectivity index is 2.05. The van der Waals surface area contributed by atoms with Gasteiger partial charge in [0.15, 0.2) is 5.82 Å². The summed E-state index contributed by atoms with van der Waals surface area (Å²) in [5.74, 6) is 1.32. The molecule has 0 atom stereocenters. The van der Waals surface area contributed by atoms with Crippen LogP contribution in [0, 0.1) is 0 Å². The van der Waals surface area contributed by atoms with Crippen molar-refractivity contribution < 1.29 is 4.52 Å². The number of rotatable bonds is 3. The third kappa shape index (κ3) is 2.62. The first-order chi connectivity index (χ1) is 7.24. The largest absolute Gasteiger partial charge is 0.383 e. The first-order valence-corrected chi connectivity index (χ1v) is 4.82. The van der Waals surface area contributed by atoms with Crippen LogP contribution in [-0.4, -0.2) is 20.1 Å². The lowest BCUT2D eigenvalue weighted by molar-refractivity contribution is 0.411. The second-order valence-corrected chi connectivity index (χ2v) is 3.45. The van der Waals surface area contributed by atoms with Gasteiger partial charge in [-0.3, -0.25) is 0 Å². The molecular formula is C7H7BrN6O. The Labute approximate surface area is 93.2 Å². The first-order valence-electron chi connectivity index (χ1n) is 4.03. The molecule has 0 unspecified atom stereocenters. The summed E-state index contributed by atoms with van der Waals surface area (Å²) in [7, 11) is 0. The Bertz CT molecular complexity index is 424. The highest BCUT2D eigenvalue weighted by atomic mass is 79.9. The SMILES string of the molecule is Nc1cc(Br)nc(NCc2ncon2)n1. The van der Waals surface area contributed by atoms with E-state index in [1.54, 1.807) is 6.07 Å². The van der Waals surface area contributed by atoms with E-state index in [1.165, 1.54) is 6.39 Å². The van der Waals surface area contributed by atoms with Gasteiger partial charge in [-0.15, -0.1) is 0 Å². The smallest absolute Gasteiger partial charge is 0.226 e. The van der Waals surface area contributed by atoms with Gasteiger partial charge >= 0.3 is 0 Å². The van der Waals surface area contributed by atoms with Crippen molar-refractivity contribution in [2.45, 2.75) is 6.54 Å². The molecule has 0 aromatic carbocycles. The van der Waals surface area contributed by atoms with Crippen LogP contribution in [0.3, 0.4) is 0 Å². The van der Waals surface area contributed by atoms with Crippen LogP contribution >= 0.6 is 15.9 Å². The van der Waals surface area contributed by atoms with Crippen molar-refractivity contribution in [3.05, 3.63) is 22.9 Å². The number of anilines is 2. The molecule has 78 valence electrons. The summed E-state index contributed by atoms with van der Waals surface area (Å²) in [5.41, 5.74) is 5.54. The number of nitrogen functional groups attached to an aromatic ring is 1. The molecule has 2 heterocycles. The van der Waals surface area contributed by atoms with Crippen LogP contribution in [0.15, 0.2) is 21.6 Å². The molecule has 15 heavy (non-hydrogen) atoms. The number of nitrogens with one attached hydrogen (secondary N) is 1. The predicted octanol–water partition coefficient (Wildman–Crippen LogP) is 0.816. The quantitative estimate of drug-likeness (QED) is 0.796. The number of nitrogens with two attached hydrogens (primary N) is 1. The van der Waals surface area contributed by atoms with E-state index in [4.69, 9.17) is 5.73 Å². The van der Waals surface area contributed by atoms with Crippen molar-refractivity contribution in [3.63, 3.8) is 0 Å². The molecule has 0 radical (unpaired) electrons. The van der Waals surface area contributed by atoms with Crippen LogP contribution < -0.4 is 11.1 Å². The van der Waals surface area contributed by atoms with Gasteiger partial charge in [0.2, 0.25) is 12.3 Å². The van der Waals surface area contributed by atoms with Crippen LogP contribution in [0.1, 0.15) is 5.82 Å². The van der Waals surface area contributed by atoms with E-state index >= 15 is 0 Å². The highest BCUT2D eigenvalue weighted by Gasteiger charge is 2.02. The molecule has 8 heteroatoms. The monoisotopic (exact) mass is 270 g/mol. The summed E-state index contributed by atoms with van der Waals surface area (Å²) in [5, 5.41) is 6.54. The molecule has 0 spiro atoms. The Morgan fingerprint density at radius 3 is 3.00 bits per heavy atom. The van der Waals surface area contributed by atoms with Gasteiger partial charge in [0.25, 0.3) is 0 Å². The van der Waals surface area contributed by atoms with Gasteiger partial charge in [-0.25, -0.2) is 4.98 Å². The molecule has 2 rings (SSSR count). The van der Waals surface area contributed by atoms with E-state index in [2.05, 4.69) is 45.9 Å². The molecule has 2 aromatic rings. The predicted molar refractivity (Wildman–Crippen MR) is 55.8 cm³/mol. The average molecular weight is 271 g/mol. The van der Waals surface area contributed by atoms with E-state index in [0.717, 1.165) is 0 Å². The lowest BCUT2D eigenvalue weighted by Crippen LogP contribution is -2.06. The van der Waals surface area contributed by atoms with Gasteiger partial charge in [0, 0.05) is 6.07 Å². The van der Waals surface area contributed by atoms with E-state index in [9.17, 15) is 0 Å². The molecular weight excluding hydrogens is 264 g/mol. The lowest BCUT2D eigenvalue weighted by atomic mass is 10.6. The van der Waals surface area contributed by atoms with Gasteiger partial charge in [-0.2, -0.15) is 9.97 Å². The summed E-state index contributed by atoms with van der Waals surface area (Å²) in [4.78, 5) is 11.9. The van der Waals surface area contributed by atoms with Gasteiger partial charge < -0.3 is 15.6 Å². The van der Waals surface area contributed by atoms with Crippen molar-refractivity contribution >= 4 is 27.7 Å². The van der Waals surface area contributed by atoms with E-state index in [0.29, 0.717) is 28.7 Å². The van der Waals surface area contributed by atoms with Crippen molar-refractivity contribution in [1.29, 1.82) is 0 Å². The molecule has 0 saturated heterocycles. The molecule has 3 N–H and O–H groups in total. The highest BCUT2D eigenvalue weighted by molar-refractivity contribution is 9.10. The zero-order chi connectivity index (χ0) is 10.7. The second kappa shape index (κ2) is 4.22. The summed E-state index contributed by atoms with van der Waals surface area (Å²) in [6.45, 7) is 0.381. The maximum absolute atomic E-state index is 5.54. The number of aromatic nitrogens is 4. The minimum atomic E-state index is 0.381. The van der Waals surface area contributed by atoms with Gasteiger partial charge in [-0.1, -0.05) is 5.16 Å². The fourth-order valence-corrected chi connectivity index (χ4v) is 1.35. The Morgan fingerprint density at radius 2 is 2.33 bits per heavy atom. The van der Waals surface area contributed by atoms with E-state index in [-0.39, 0.29) is 0 Å². The second-order valence-electron chi connectivity index (χ2n) is 2.64. The lowest BCUT2D eigenvalue weighted by Gasteiger charge is -2.02. The maximum Gasteiger partial charge on any atom is 0.226 e. The summed E-state index contributed by atoms with van der Waals surface area (Å²) < 4.78 is 5.19. The molecule has 0 aliphatic heterocycles. The number of nitrogens with zero attached hydrogens (tertiary/aromatic N) is 4. The summed E-state index contributed by atoms with van der Waals surface area (Å²) >= 11 is 3.21. The topological polar surface area (TPSA) is 103 Å². The van der Waals surface area contributed by atoms with E-state index < -0.39 is 0 Å². The van der Waals surface area contributed by atoms with Crippen LogP contribution in [-0.2, 0) is 6.54 Å². The normalized spacial score (nSPS) is 10.2. The van der Waals surface area contributed by atoms with Crippen LogP contribution in [0.25, 0.3) is 0 Å². The molecule has 0 bridgehead atoms. The van der Waals surface area contributed by atoms with Crippen molar-refractivity contribution in [2.24, 2.45) is 0 Å². The van der Waals surface area contributed by atoms with Crippen molar-refractivity contribution in [3.8, 4) is 0 Å². The third-order valence-electron chi connectivity index (χ3n) is 1.53. The standard InChI is InChI=1S/C7H7BrN6O/c8-4-1-5(9)13-7(12-4)10-2-6-11-3-15-14-6/h1,3H,2H2,(H3,9,10,12,13). The van der Waals surface area contributed by atoms with Crippen LogP contribution in [0.2, 0.25) is 0 Å². The maximum atomic E-state index is 5.54. The third-order valence-corrected chi connectivity index (χ3v) is 1.93. The minimum Gasteiger partial charge on any atom is -0.383 e. The fraction of sp³-hybridized carbons (Fsp3) is 0.143. The number of halogens is 1. The van der Waals surface area contributed by atoms with Gasteiger partial charge in [-0.05, 0) is 15.9 Å². The van der Waals surface area contributed by atoms with Gasteiger partial charge in [0.05, 0.1) is 6.54 Å². The molecule has 0 amide bonds. The Hall–Kier alpha value is -1.70. The molecule has 2 aromatic heterocycles. The molecule has 0 aliphatic rings. The molecule has 0 fully saturated rings. The molecule has 7 nitrogen and oxygen atoms in total. The molecule has 0 saturated carbocycles. The molecule has 0 aliphatic carbocycles. The summed E-state index contributed by atoms with van der Waals surface area (Å²) in [6.07, 6.45) is 1.26. The zero-order valence-electron chi connectivity index (χ0n) is 7.51. The highest BCUT2D eigenvalue weighted by Crippen LogP contribution is 2.12. The minimum absolute atomic E-state index is 0.381. The Kier molecular flexibility index (Phi) is 2.77. The number of hydrogen-bond donors (Lipinski definition) is 2. The fourth-order valence-electron chi connectivity index (χ4n) is 0.943. The van der Waals surface area contributed by atoms with Crippen molar-refractivity contribution in [2.75, 3.05) is 11.1 Å². The first kappa shape index (κ1) is 9.84. The van der Waals surface area contributed by atoms with Crippen LogP contribution in [0.5, 0.6) is 0 Å². The van der Waals surface area contributed by atoms with Crippen molar-refractivity contribution in [1.82, 2.24) is 20.1 Å². The summed E-state index contributed by atoms with van der Waals surface area (Å²) in [6, 6.07) is 1.61. The van der Waals surface area contributed by atoms with E-state index in [1.807, 2.05) is 0 Å². The number of hydrogen-bond acceptors (Lipinski definition) is 7. The Morgan fingerprint density at radius 1 is 1.47 bits per heavy atom. The zero-order valence-corrected chi connectivity index (χ0v) is 9.10. The average Bonchev–Trinajstić information content (AvgIpc) is 2.65.